The highest BCUT2D eigenvalue weighted by Gasteiger charge is 2.15. The average molecular weight is 337 g/mol. The molecule has 0 fully saturated rings. The molecule has 0 spiro atoms. The van der Waals surface area contributed by atoms with Crippen molar-refractivity contribution in [2.45, 2.75) is 17.7 Å². The van der Waals surface area contributed by atoms with Crippen LogP contribution < -0.4 is 14.8 Å². The number of hydrogen-bond acceptors (Lipinski definition) is 7. The molecule has 2 heterocycles. The van der Waals surface area contributed by atoms with E-state index in [1.54, 1.807) is 30.0 Å². The van der Waals surface area contributed by atoms with Crippen molar-refractivity contribution in [3.8, 4) is 11.5 Å². The molecule has 1 aliphatic heterocycles. The minimum atomic E-state index is -0.236. The van der Waals surface area contributed by atoms with E-state index in [9.17, 15) is 4.79 Å². The molecular weight excluding hydrogens is 322 g/mol. The van der Waals surface area contributed by atoms with Gasteiger partial charge in [0.05, 0.1) is 13.2 Å². The number of carbonyl (C=O) groups is 1. The fourth-order valence-corrected chi connectivity index (χ4v) is 3.56. The summed E-state index contributed by atoms with van der Waals surface area (Å²) < 4.78 is 12.0. The molecule has 0 bridgehead atoms. The van der Waals surface area contributed by atoms with Crippen LogP contribution in [0.1, 0.15) is 23.7 Å². The van der Waals surface area contributed by atoms with Crippen LogP contribution in [0.25, 0.3) is 0 Å². The molecule has 0 saturated carbocycles. The molecule has 6 nitrogen and oxygen atoms in total. The Morgan fingerprint density at radius 3 is 2.95 bits per heavy atom. The Bertz CT molecular complexity index is 675. The van der Waals surface area contributed by atoms with Crippen molar-refractivity contribution in [1.29, 1.82) is 0 Å². The molecule has 0 radical (unpaired) electrons. The minimum absolute atomic E-state index is 0.236. The molecule has 0 aliphatic carbocycles. The van der Waals surface area contributed by atoms with Crippen molar-refractivity contribution in [2.75, 3.05) is 24.3 Å². The van der Waals surface area contributed by atoms with Crippen LogP contribution >= 0.6 is 23.1 Å². The van der Waals surface area contributed by atoms with Crippen LogP contribution in [0.2, 0.25) is 0 Å². The van der Waals surface area contributed by atoms with E-state index >= 15 is 0 Å². The van der Waals surface area contributed by atoms with E-state index in [0.29, 0.717) is 35.4 Å². The van der Waals surface area contributed by atoms with Crippen LogP contribution in [-0.4, -0.2) is 35.1 Å². The maximum atomic E-state index is 12.3. The number of nitrogens with zero attached hydrogens (tertiary/aromatic N) is 2. The number of nitrogens with one attached hydrogen (secondary N) is 1. The predicted molar refractivity (Wildman–Crippen MR) is 86.3 cm³/mol. The molecule has 1 amide bonds. The van der Waals surface area contributed by atoms with E-state index in [1.165, 1.54) is 11.3 Å². The highest BCUT2D eigenvalue weighted by molar-refractivity contribution is 8.01. The van der Waals surface area contributed by atoms with Gasteiger partial charge in [0.1, 0.15) is 0 Å². The number of rotatable bonds is 4. The van der Waals surface area contributed by atoms with E-state index in [4.69, 9.17) is 9.47 Å². The van der Waals surface area contributed by atoms with Gasteiger partial charge in [0.15, 0.2) is 15.8 Å². The number of hydrogen-bond donors (Lipinski definition) is 1. The van der Waals surface area contributed by atoms with Crippen molar-refractivity contribution in [2.24, 2.45) is 0 Å². The summed E-state index contributed by atoms with van der Waals surface area (Å²) >= 11 is 2.96. The van der Waals surface area contributed by atoms with Gasteiger partial charge in [0.25, 0.3) is 5.91 Å². The first kappa shape index (κ1) is 15.1. The standard InChI is InChI=1S/C14H15N3O3S2/c1-2-21-14-17-16-13(22-14)15-12(18)9-4-5-10-11(8-9)20-7-3-6-19-10/h4-5,8H,2-3,6-7H2,1H3,(H,15,16,18). The maximum absolute atomic E-state index is 12.3. The molecule has 1 aliphatic rings. The molecule has 22 heavy (non-hydrogen) atoms. The lowest BCUT2D eigenvalue weighted by Gasteiger charge is -2.08. The first-order valence-corrected chi connectivity index (χ1v) is 8.74. The molecule has 0 unspecified atom stereocenters. The molecule has 0 saturated heterocycles. The minimum Gasteiger partial charge on any atom is -0.490 e. The van der Waals surface area contributed by atoms with E-state index < -0.39 is 0 Å². The Labute approximate surface area is 136 Å². The molecule has 3 rings (SSSR count). The summed E-state index contributed by atoms with van der Waals surface area (Å²) in [4.78, 5) is 12.3. The third-order valence-electron chi connectivity index (χ3n) is 2.90. The van der Waals surface area contributed by atoms with Gasteiger partial charge >= 0.3 is 0 Å². The van der Waals surface area contributed by atoms with Crippen molar-refractivity contribution in [3.05, 3.63) is 23.8 Å². The van der Waals surface area contributed by atoms with Gasteiger partial charge in [-0.2, -0.15) is 0 Å². The van der Waals surface area contributed by atoms with Crippen molar-refractivity contribution >= 4 is 34.1 Å². The van der Waals surface area contributed by atoms with Crippen molar-refractivity contribution in [1.82, 2.24) is 10.2 Å². The second-order valence-corrected chi connectivity index (χ2v) is 6.96. The molecule has 1 N–H and O–H groups in total. The van der Waals surface area contributed by atoms with Gasteiger partial charge in [0.2, 0.25) is 5.13 Å². The van der Waals surface area contributed by atoms with E-state index in [1.807, 2.05) is 6.92 Å². The lowest BCUT2D eigenvalue weighted by Crippen LogP contribution is -2.12. The molecule has 8 heteroatoms. The van der Waals surface area contributed by atoms with Crippen LogP contribution in [0.3, 0.4) is 0 Å². The summed E-state index contributed by atoms with van der Waals surface area (Å²) in [5, 5.41) is 11.2. The number of anilines is 1. The van der Waals surface area contributed by atoms with Gasteiger partial charge in [-0.25, -0.2) is 0 Å². The van der Waals surface area contributed by atoms with Crippen LogP contribution in [0.4, 0.5) is 5.13 Å². The lowest BCUT2D eigenvalue weighted by molar-refractivity contribution is 0.102. The smallest absolute Gasteiger partial charge is 0.257 e. The van der Waals surface area contributed by atoms with Crippen molar-refractivity contribution in [3.63, 3.8) is 0 Å². The maximum Gasteiger partial charge on any atom is 0.257 e. The highest BCUT2D eigenvalue weighted by atomic mass is 32.2. The van der Waals surface area contributed by atoms with E-state index in [0.717, 1.165) is 16.5 Å². The van der Waals surface area contributed by atoms with Gasteiger partial charge in [0, 0.05) is 12.0 Å². The fraction of sp³-hybridized carbons (Fsp3) is 0.357. The molecule has 1 aromatic heterocycles. The molecule has 2 aromatic rings. The van der Waals surface area contributed by atoms with Gasteiger partial charge in [-0.1, -0.05) is 30.0 Å². The predicted octanol–water partition coefficient (Wildman–Crippen LogP) is 3.06. The number of amides is 1. The summed E-state index contributed by atoms with van der Waals surface area (Å²) in [6.45, 7) is 3.26. The number of carbonyl (C=O) groups excluding carboxylic acids is 1. The van der Waals surface area contributed by atoms with Crippen molar-refractivity contribution < 1.29 is 14.3 Å². The summed E-state index contributed by atoms with van der Waals surface area (Å²) in [6.07, 6.45) is 0.832. The molecule has 1 aromatic carbocycles. The van der Waals surface area contributed by atoms with Crippen LogP contribution in [0.5, 0.6) is 11.5 Å². The number of thioether (sulfide) groups is 1. The van der Waals surface area contributed by atoms with Gasteiger partial charge < -0.3 is 9.47 Å². The van der Waals surface area contributed by atoms with Crippen LogP contribution in [0, 0.1) is 0 Å². The monoisotopic (exact) mass is 337 g/mol. The van der Waals surface area contributed by atoms with E-state index in [-0.39, 0.29) is 5.91 Å². The summed E-state index contributed by atoms with van der Waals surface area (Å²) in [5.41, 5.74) is 0.504. The highest BCUT2D eigenvalue weighted by Crippen LogP contribution is 2.31. The normalized spacial score (nSPS) is 13.5. The van der Waals surface area contributed by atoms with E-state index in [2.05, 4.69) is 15.5 Å². The number of benzene rings is 1. The second kappa shape index (κ2) is 6.97. The lowest BCUT2D eigenvalue weighted by atomic mass is 10.2. The Morgan fingerprint density at radius 2 is 2.14 bits per heavy atom. The van der Waals surface area contributed by atoms with Crippen LogP contribution in [-0.2, 0) is 0 Å². The third-order valence-corrected chi connectivity index (χ3v) is 4.76. The second-order valence-electron chi connectivity index (χ2n) is 4.47. The zero-order valence-electron chi connectivity index (χ0n) is 12.0. The quantitative estimate of drug-likeness (QED) is 0.683. The summed E-state index contributed by atoms with van der Waals surface area (Å²) in [5.74, 6) is 1.96. The number of aromatic nitrogens is 2. The fourth-order valence-electron chi connectivity index (χ4n) is 1.92. The topological polar surface area (TPSA) is 73.3 Å². The molecule has 0 atom stereocenters. The first-order valence-electron chi connectivity index (χ1n) is 6.93. The Kier molecular flexibility index (Phi) is 4.79. The Hall–Kier alpha value is -1.80. The average Bonchev–Trinajstić information content (AvgIpc) is 2.82. The number of ether oxygens (including phenoxy) is 2. The SMILES string of the molecule is CCSc1nnc(NC(=O)c2ccc3c(c2)OCCCO3)s1. The first-order chi connectivity index (χ1) is 10.8. The summed E-state index contributed by atoms with van der Waals surface area (Å²) in [7, 11) is 0. The Morgan fingerprint density at radius 1 is 1.32 bits per heavy atom. The summed E-state index contributed by atoms with van der Waals surface area (Å²) in [6, 6.07) is 5.17. The van der Waals surface area contributed by atoms with Crippen LogP contribution in [0.15, 0.2) is 22.5 Å². The van der Waals surface area contributed by atoms with Gasteiger partial charge in [-0.15, -0.1) is 10.2 Å². The van der Waals surface area contributed by atoms with Gasteiger partial charge in [-0.3, -0.25) is 10.1 Å². The zero-order chi connectivity index (χ0) is 15.4. The third kappa shape index (κ3) is 3.50. The Balaban J connectivity index is 1.72. The molecular formula is C14H15N3O3S2. The zero-order valence-corrected chi connectivity index (χ0v) is 13.6. The van der Waals surface area contributed by atoms with Gasteiger partial charge in [-0.05, 0) is 24.0 Å². The molecule has 116 valence electrons. The number of fused-ring (bicyclic) bond motifs is 1. The largest absolute Gasteiger partial charge is 0.490 e.